The second kappa shape index (κ2) is 7.46. The van der Waals surface area contributed by atoms with E-state index < -0.39 is 0 Å². The summed E-state index contributed by atoms with van der Waals surface area (Å²) in [6.07, 6.45) is 1.58. The Kier molecular flexibility index (Phi) is 4.71. The molecule has 4 rings (SSSR count). The van der Waals surface area contributed by atoms with Crippen LogP contribution in [0.5, 0.6) is 0 Å². The summed E-state index contributed by atoms with van der Waals surface area (Å²) in [6.45, 7) is 2.01. The average molecular weight is 355 g/mol. The van der Waals surface area contributed by atoms with E-state index in [9.17, 15) is 4.79 Å². The molecule has 0 saturated heterocycles. The highest BCUT2D eigenvalue weighted by Crippen LogP contribution is 2.19. The standard InChI is InChI=1S/C23H21N3O/c1-16-10-12-18(13-11-16)23(27)26-19-7-3-2-6-17(19)14-15-22-24-20-8-4-5-9-21(20)25-22/h2-13H,14-15H2,1H3,(H,24,25)(H,26,27). The first-order valence-corrected chi connectivity index (χ1v) is 9.08. The highest BCUT2D eigenvalue weighted by atomic mass is 16.1. The number of rotatable bonds is 5. The number of amides is 1. The number of carbonyl (C=O) groups is 1. The van der Waals surface area contributed by atoms with Crippen LogP contribution in [0.15, 0.2) is 72.8 Å². The van der Waals surface area contributed by atoms with Gasteiger partial charge in [-0.1, -0.05) is 48.0 Å². The van der Waals surface area contributed by atoms with Gasteiger partial charge in [0.2, 0.25) is 0 Å². The molecule has 0 radical (unpaired) electrons. The average Bonchev–Trinajstić information content (AvgIpc) is 3.11. The van der Waals surface area contributed by atoms with Crippen LogP contribution in [0.2, 0.25) is 0 Å². The smallest absolute Gasteiger partial charge is 0.255 e. The fourth-order valence-corrected chi connectivity index (χ4v) is 3.14. The molecule has 0 bridgehead atoms. The van der Waals surface area contributed by atoms with Crippen LogP contribution in [0, 0.1) is 6.92 Å². The van der Waals surface area contributed by atoms with E-state index in [0.717, 1.165) is 46.5 Å². The molecule has 0 aliphatic heterocycles. The quantitative estimate of drug-likeness (QED) is 0.534. The van der Waals surface area contributed by atoms with Crippen molar-refractivity contribution in [1.29, 1.82) is 0 Å². The number of nitrogens with one attached hydrogen (secondary N) is 2. The number of hydrogen-bond donors (Lipinski definition) is 2. The van der Waals surface area contributed by atoms with Crippen LogP contribution in [-0.2, 0) is 12.8 Å². The lowest BCUT2D eigenvalue weighted by Crippen LogP contribution is -2.13. The zero-order valence-electron chi connectivity index (χ0n) is 15.2. The maximum Gasteiger partial charge on any atom is 0.255 e. The zero-order chi connectivity index (χ0) is 18.6. The maximum absolute atomic E-state index is 12.5. The third-order valence-electron chi connectivity index (χ3n) is 4.65. The Balaban J connectivity index is 1.49. The number of hydrogen-bond acceptors (Lipinski definition) is 2. The Hall–Kier alpha value is -3.40. The highest BCUT2D eigenvalue weighted by molar-refractivity contribution is 6.04. The first kappa shape index (κ1) is 17.0. The molecule has 27 heavy (non-hydrogen) atoms. The number of benzene rings is 3. The fraction of sp³-hybridized carbons (Fsp3) is 0.130. The van der Waals surface area contributed by atoms with E-state index >= 15 is 0 Å². The highest BCUT2D eigenvalue weighted by Gasteiger charge is 2.10. The van der Waals surface area contributed by atoms with Crippen LogP contribution in [0.3, 0.4) is 0 Å². The van der Waals surface area contributed by atoms with Crippen molar-refractivity contribution in [1.82, 2.24) is 9.97 Å². The van der Waals surface area contributed by atoms with E-state index in [4.69, 9.17) is 0 Å². The number of para-hydroxylation sites is 3. The van der Waals surface area contributed by atoms with Crippen LogP contribution in [0.1, 0.15) is 27.3 Å². The van der Waals surface area contributed by atoms with Gasteiger partial charge >= 0.3 is 0 Å². The van der Waals surface area contributed by atoms with Gasteiger partial charge in [0.1, 0.15) is 5.82 Å². The number of nitrogens with zero attached hydrogens (tertiary/aromatic N) is 1. The second-order valence-corrected chi connectivity index (χ2v) is 6.68. The minimum atomic E-state index is -0.0915. The van der Waals surface area contributed by atoms with Crippen LogP contribution in [-0.4, -0.2) is 15.9 Å². The van der Waals surface area contributed by atoms with Crippen molar-refractivity contribution in [2.45, 2.75) is 19.8 Å². The van der Waals surface area contributed by atoms with E-state index in [-0.39, 0.29) is 5.91 Å². The van der Waals surface area contributed by atoms with Gasteiger partial charge in [-0.3, -0.25) is 4.79 Å². The van der Waals surface area contributed by atoms with E-state index in [1.807, 2.05) is 79.7 Å². The fourth-order valence-electron chi connectivity index (χ4n) is 3.14. The molecule has 134 valence electrons. The lowest BCUT2D eigenvalue weighted by molar-refractivity contribution is 0.102. The topological polar surface area (TPSA) is 57.8 Å². The van der Waals surface area contributed by atoms with Crippen LogP contribution < -0.4 is 5.32 Å². The summed E-state index contributed by atoms with van der Waals surface area (Å²) in [6, 6.07) is 23.5. The predicted molar refractivity (Wildman–Crippen MR) is 109 cm³/mol. The number of anilines is 1. The first-order chi connectivity index (χ1) is 13.2. The third kappa shape index (κ3) is 3.90. The molecule has 0 aliphatic carbocycles. The molecule has 4 aromatic rings. The normalized spacial score (nSPS) is 10.9. The predicted octanol–water partition coefficient (Wildman–Crippen LogP) is 4.91. The molecule has 0 saturated carbocycles. The third-order valence-corrected chi connectivity index (χ3v) is 4.65. The minimum Gasteiger partial charge on any atom is -0.342 e. The maximum atomic E-state index is 12.5. The van der Waals surface area contributed by atoms with E-state index in [1.54, 1.807) is 0 Å². The molecule has 0 unspecified atom stereocenters. The summed E-state index contributed by atoms with van der Waals surface area (Å²) in [5.74, 6) is 0.863. The molecule has 1 amide bonds. The van der Waals surface area contributed by atoms with Crippen molar-refractivity contribution in [3.8, 4) is 0 Å². The van der Waals surface area contributed by atoms with Crippen molar-refractivity contribution in [3.05, 3.63) is 95.3 Å². The van der Waals surface area contributed by atoms with Gasteiger partial charge in [0.25, 0.3) is 5.91 Å². The molecular formula is C23H21N3O. The van der Waals surface area contributed by atoms with Crippen molar-refractivity contribution in [2.75, 3.05) is 5.32 Å². The summed E-state index contributed by atoms with van der Waals surface area (Å²) in [5.41, 5.74) is 5.77. The van der Waals surface area contributed by atoms with Crippen molar-refractivity contribution >= 4 is 22.6 Å². The van der Waals surface area contributed by atoms with Crippen molar-refractivity contribution in [2.24, 2.45) is 0 Å². The number of imidazole rings is 1. The molecule has 0 aliphatic rings. The molecule has 0 spiro atoms. The molecular weight excluding hydrogens is 334 g/mol. The Morgan fingerprint density at radius 1 is 0.926 bits per heavy atom. The van der Waals surface area contributed by atoms with Crippen molar-refractivity contribution < 1.29 is 4.79 Å². The van der Waals surface area contributed by atoms with Gasteiger partial charge in [0.05, 0.1) is 11.0 Å². The van der Waals surface area contributed by atoms with Gasteiger partial charge in [-0.25, -0.2) is 4.98 Å². The van der Waals surface area contributed by atoms with Gasteiger partial charge in [0.15, 0.2) is 0 Å². The molecule has 3 aromatic carbocycles. The Morgan fingerprint density at radius 2 is 1.67 bits per heavy atom. The van der Waals surface area contributed by atoms with Crippen LogP contribution in [0.4, 0.5) is 5.69 Å². The number of H-pyrrole nitrogens is 1. The van der Waals surface area contributed by atoms with Crippen LogP contribution >= 0.6 is 0 Å². The number of fused-ring (bicyclic) bond motifs is 1. The molecule has 0 fully saturated rings. The van der Waals surface area contributed by atoms with Gasteiger partial charge in [-0.05, 0) is 49.2 Å². The number of aromatic amines is 1. The van der Waals surface area contributed by atoms with E-state index in [0.29, 0.717) is 5.56 Å². The second-order valence-electron chi connectivity index (χ2n) is 6.68. The monoisotopic (exact) mass is 355 g/mol. The van der Waals surface area contributed by atoms with Gasteiger partial charge < -0.3 is 10.3 Å². The molecule has 0 atom stereocenters. The zero-order valence-corrected chi connectivity index (χ0v) is 15.2. The van der Waals surface area contributed by atoms with Gasteiger partial charge in [0, 0.05) is 17.7 Å². The summed E-state index contributed by atoms with van der Waals surface area (Å²) in [7, 11) is 0. The largest absolute Gasteiger partial charge is 0.342 e. The first-order valence-electron chi connectivity index (χ1n) is 9.08. The van der Waals surface area contributed by atoms with E-state index in [2.05, 4.69) is 15.3 Å². The SMILES string of the molecule is Cc1ccc(C(=O)Nc2ccccc2CCc2nc3ccccc3[nH]2)cc1. The summed E-state index contributed by atoms with van der Waals surface area (Å²) in [4.78, 5) is 20.5. The summed E-state index contributed by atoms with van der Waals surface area (Å²) in [5, 5.41) is 3.04. The molecule has 2 N–H and O–H groups in total. The number of aryl methyl sites for hydroxylation is 3. The van der Waals surface area contributed by atoms with Gasteiger partial charge in [-0.2, -0.15) is 0 Å². The minimum absolute atomic E-state index is 0.0915. The number of carbonyl (C=O) groups excluding carboxylic acids is 1. The summed E-state index contributed by atoms with van der Waals surface area (Å²) >= 11 is 0. The van der Waals surface area contributed by atoms with Gasteiger partial charge in [-0.15, -0.1) is 0 Å². The lowest BCUT2D eigenvalue weighted by Gasteiger charge is -2.11. The Labute approximate surface area is 158 Å². The lowest BCUT2D eigenvalue weighted by atomic mass is 10.1. The Bertz CT molecular complexity index is 1050. The molecule has 4 nitrogen and oxygen atoms in total. The van der Waals surface area contributed by atoms with Crippen LogP contribution in [0.25, 0.3) is 11.0 Å². The van der Waals surface area contributed by atoms with Crippen molar-refractivity contribution in [3.63, 3.8) is 0 Å². The molecule has 1 heterocycles. The number of aromatic nitrogens is 2. The Morgan fingerprint density at radius 3 is 2.48 bits per heavy atom. The molecule has 1 aromatic heterocycles. The summed E-state index contributed by atoms with van der Waals surface area (Å²) < 4.78 is 0. The van der Waals surface area contributed by atoms with E-state index in [1.165, 1.54) is 0 Å². The molecule has 4 heteroatoms.